The zero-order chi connectivity index (χ0) is 19.3. The molecule has 0 atom stereocenters. The van der Waals surface area contributed by atoms with Crippen LogP contribution in [0, 0.1) is 6.92 Å². The summed E-state index contributed by atoms with van der Waals surface area (Å²) in [5.41, 5.74) is 4.56. The van der Waals surface area contributed by atoms with E-state index in [1.54, 1.807) is 0 Å². The molecule has 28 heavy (non-hydrogen) atoms. The predicted octanol–water partition coefficient (Wildman–Crippen LogP) is 2.91. The largest absolute Gasteiger partial charge is 0.352 e. The third kappa shape index (κ3) is 4.48. The number of benzene rings is 1. The molecule has 0 saturated carbocycles. The summed E-state index contributed by atoms with van der Waals surface area (Å²) in [6.07, 6.45) is 1.06. The Hall–Kier alpha value is -2.51. The summed E-state index contributed by atoms with van der Waals surface area (Å²) in [6, 6.07) is 12.1. The number of thiophene rings is 1. The summed E-state index contributed by atoms with van der Waals surface area (Å²) in [5, 5.41) is 13.8. The van der Waals surface area contributed by atoms with E-state index in [9.17, 15) is 4.79 Å². The Morgan fingerprint density at radius 3 is 2.86 bits per heavy atom. The molecule has 2 aromatic heterocycles. The third-order valence-corrected chi connectivity index (χ3v) is 6.18. The lowest BCUT2D eigenvalue weighted by Crippen LogP contribution is -2.34. The van der Waals surface area contributed by atoms with Crippen molar-refractivity contribution in [2.45, 2.75) is 45.9 Å². The Morgan fingerprint density at radius 1 is 1.21 bits per heavy atom. The van der Waals surface area contributed by atoms with Crippen LogP contribution in [-0.4, -0.2) is 32.3 Å². The van der Waals surface area contributed by atoms with E-state index >= 15 is 0 Å². The fraction of sp³-hybridized carbons (Fsp3) is 0.381. The van der Waals surface area contributed by atoms with Crippen LogP contribution in [0.25, 0.3) is 0 Å². The maximum absolute atomic E-state index is 12.2. The van der Waals surface area contributed by atoms with Crippen LogP contribution in [0.1, 0.15) is 33.8 Å². The van der Waals surface area contributed by atoms with Crippen molar-refractivity contribution in [1.29, 1.82) is 0 Å². The number of hydrogen-bond acceptors (Lipinski definition) is 5. The monoisotopic (exact) mass is 395 g/mol. The van der Waals surface area contributed by atoms with Crippen LogP contribution in [0.2, 0.25) is 0 Å². The molecule has 0 aliphatic carbocycles. The Labute approximate surface area is 169 Å². The van der Waals surface area contributed by atoms with Gasteiger partial charge in [0.25, 0.3) is 0 Å². The lowest BCUT2D eigenvalue weighted by molar-refractivity contribution is -0.121. The fourth-order valence-electron chi connectivity index (χ4n) is 3.46. The molecule has 0 bridgehead atoms. The van der Waals surface area contributed by atoms with Gasteiger partial charge in [-0.3, -0.25) is 9.69 Å². The number of carbonyl (C=O) groups excluding carboxylic acids is 1. The second kappa shape index (κ2) is 8.67. The molecule has 6 nitrogen and oxygen atoms in total. The first-order chi connectivity index (χ1) is 13.7. The number of nitrogens with zero attached hydrogens (tertiary/aromatic N) is 4. The molecular weight excluding hydrogens is 370 g/mol. The number of rotatable bonds is 7. The number of nitrogens with one attached hydrogen (secondary N) is 1. The maximum atomic E-state index is 12.2. The first-order valence-corrected chi connectivity index (χ1v) is 10.5. The van der Waals surface area contributed by atoms with Gasteiger partial charge in [-0.1, -0.05) is 35.5 Å². The molecule has 146 valence electrons. The van der Waals surface area contributed by atoms with Gasteiger partial charge in [0.1, 0.15) is 0 Å². The number of hydrogen-bond donors (Lipinski definition) is 1. The van der Waals surface area contributed by atoms with E-state index in [-0.39, 0.29) is 5.91 Å². The van der Waals surface area contributed by atoms with Crippen molar-refractivity contribution in [3.63, 3.8) is 0 Å². The number of carbonyl (C=O) groups is 1. The highest BCUT2D eigenvalue weighted by molar-refractivity contribution is 7.10. The van der Waals surface area contributed by atoms with Crippen molar-refractivity contribution in [1.82, 2.24) is 25.2 Å². The minimum absolute atomic E-state index is 0.0486. The van der Waals surface area contributed by atoms with E-state index in [4.69, 9.17) is 0 Å². The summed E-state index contributed by atoms with van der Waals surface area (Å²) in [6.45, 7) is 6.36. The predicted molar refractivity (Wildman–Crippen MR) is 110 cm³/mol. The second-order valence-corrected chi connectivity index (χ2v) is 8.21. The summed E-state index contributed by atoms with van der Waals surface area (Å²) in [4.78, 5) is 16.1. The molecule has 0 saturated heterocycles. The highest BCUT2D eigenvalue weighted by atomic mass is 32.1. The average Bonchev–Trinajstić information content (AvgIpc) is 3.31. The molecule has 1 aromatic carbocycles. The fourth-order valence-corrected chi connectivity index (χ4v) is 4.41. The second-order valence-electron chi connectivity index (χ2n) is 7.21. The molecule has 1 aliphatic heterocycles. The van der Waals surface area contributed by atoms with E-state index in [0.717, 1.165) is 43.1 Å². The van der Waals surface area contributed by atoms with Gasteiger partial charge in [0.15, 0.2) is 0 Å². The van der Waals surface area contributed by atoms with Crippen molar-refractivity contribution >= 4 is 17.2 Å². The van der Waals surface area contributed by atoms with E-state index in [1.807, 2.05) is 46.4 Å². The zero-order valence-corrected chi connectivity index (χ0v) is 16.9. The third-order valence-electron chi connectivity index (χ3n) is 5.18. The van der Waals surface area contributed by atoms with Gasteiger partial charge >= 0.3 is 0 Å². The van der Waals surface area contributed by atoms with Gasteiger partial charge < -0.3 is 5.32 Å². The topological polar surface area (TPSA) is 63.1 Å². The quantitative estimate of drug-likeness (QED) is 0.668. The van der Waals surface area contributed by atoms with Crippen LogP contribution in [0.3, 0.4) is 0 Å². The first kappa shape index (κ1) is 18.8. The summed E-state index contributed by atoms with van der Waals surface area (Å²) < 4.78 is 2.00. The van der Waals surface area contributed by atoms with E-state index in [1.165, 1.54) is 10.4 Å². The van der Waals surface area contributed by atoms with Crippen LogP contribution in [-0.2, 0) is 37.4 Å². The van der Waals surface area contributed by atoms with Crippen molar-refractivity contribution in [3.05, 3.63) is 69.2 Å². The van der Waals surface area contributed by atoms with Gasteiger partial charge in [-0.05, 0) is 29.5 Å². The minimum atomic E-state index is 0.0486. The summed E-state index contributed by atoms with van der Waals surface area (Å²) >= 11 is 1.82. The minimum Gasteiger partial charge on any atom is -0.352 e. The van der Waals surface area contributed by atoms with Crippen LogP contribution in [0.4, 0.5) is 0 Å². The summed E-state index contributed by atoms with van der Waals surface area (Å²) in [7, 11) is 0. The molecule has 7 heteroatoms. The smallest absolute Gasteiger partial charge is 0.220 e. The van der Waals surface area contributed by atoms with E-state index in [0.29, 0.717) is 19.4 Å². The van der Waals surface area contributed by atoms with Crippen molar-refractivity contribution < 1.29 is 4.79 Å². The highest BCUT2D eigenvalue weighted by Crippen LogP contribution is 2.22. The number of aryl methyl sites for hydroxylation is 2. The highest BCUT2D eigenvalue weighted by Gasteiger charge is 2.22. The molecule has 3 aromatic rings. The van der Waals surface area contributed by atoms with Gasteiger partial charge in [0.2, 0.25) is 5.91 Å². The molecule has 0 radical (unpaired) electrons. The Balaban J connectivity index is 1.31. The standard InChI is InChI=1S/C21H25N5OS/c1-16-9-12-28-20(16)15-25-10-11-26-19(14-25)18(23-24-26)7-8-21(27)22-13-17-5-3-2-4-6-17/h2-6,9,12H,7-8,10-11,13-15H2,1H3,(H,22,27). The van der Waals surface area contributed by atoms with E-state index < -0.39 is 0 Å². The Kier molecular flexibility index (Phi) is 5.83. The lowest BCUT2D eigenvalue weighted by Gasteiger charge is -2.27. The Bertz CT molecular complexity index is 933. The van der Waals surface area contributed by atoms with Gasteiger partial charge in [-0.2, -0.15) is 0 Å². The van der Waals surface area contributed by atoms with Crippen molar-refractivity contribution in [2.75, 3.05) is 6.54 Å². The van der Waals surface area contributed by atoms with Gasteiger partial charge in [-0.15, -0.1) is 16.4 Å². The molecule has 0 spiro atoms. The molecule has 1 amide bonds. The molecule has 0 unspecified atom stereocenters. The molecule has 1 N–H and O–H groups in total. The van der Waals surface area contributed by atoms with Crippen molar-refractivity contribution in [2.24, 2.45) is 0 Å². The van der Waals surface area contributed by atoms with E-state index in [2.05, 4.69) is 38.9 Å². The SMILES string of the molecule is Cc1ccsc1CN1CCn2nnc(CCC(=O)NCc3ccccc3)c2C1. The molecule has 3 heterocycles. The van der Waals surface area contributed by atoms with Crippen molar-refractivity contribution in [3.8, 4) is 0 Å². The molecule has 0 fully saturated rings. The molecular formula is C21H25N5OS. The molecule has 1 aliphatic rings. The Morgan fingerprint density at radius 2 is 2.07 bits per heavy atom. The van der Waals surface area contributed by atoms with Gasteiger partial charge in [-0.25, -0.2) is 4.68 Å². The number of aromatic nitrogens is 3. The zero-order valence-electron chi connectivity index (χ0n) is 16.1. The van der Waals surface area contributed by atoms with Gasteiger partial charge in [0.05, 0.1) is 17.9 Å². The van der Waals surface area contributed by atoms with Crippen LogP contribution < -0.4 is 5.32 Å². The average molecular weight is 396 g/mol. The number of amides is 1. The van der Waals surface area contributed by atoms with Crippen LogP contribution in [0.15, 0.2) is 41.8 Å². The summed E-state index contributed by atoms with van der Waals surface area (Å²) in [5.74, 6) is 0.0486. The first-order valence-electron chi connectivity index (χ1n) is 9.66. The van der Waals surface area contributed by atoms with Crippen LogP contribution in [0.5, 0.6) is 0 Å². The molecule has 4 rings (SSSR count). The normalized spacial score (nSPS) is 14.0. The maximum Gasteiger partial charge on any atom is 0.220 e. The lowest BCUT2D eigenvalue weighted by atomic mass is 10.1. The van der Waals surface area contributed by atoms with Crippen LogP contribution >= 0.6 is 11.3 Å². The van der Waals surface area contributed by atoms with Gasteiger partial charge in [0, 0.05) is 43.9 Å². The number of fused-ring (bicyclic) bond motifs is 1.